The van der Waals surface area contributed by atoms with Crippen LogP contribution in [-0.4, -0.2) is 27.2 Å². The second-order valence-corrected chi connectivity index (χ2v) is 5.35. The van der Waals surface area contributed by atoms with E-state index in [1.807, 2.05) is 19.9 Å². The molecule has 0 radical (unpaired) electrons. The maximum absolute atomic E-state index is 13.7. The highest BCUT2D eigenvalue weighted by Crippen LogP contribution is 2.19. The van der Waals surface area contributed by atoms with Gasteiger partial charge in [0.15, 0.2) is 17.4 Å². The average Bonchev–Trinajstić information content (AvgIpc) is 2.94. The van der Waals surface area contributed by atoms with E-state index in [1.165, 1.54) is 6.07 Å². The molecule has 0 aliphatic heterocycles. The van der Waals surface area contributed by atoms with Crippen LogP contribution in [0.25, 0.3) is 5.52 Å². The normalized spacial score (nSPS) is 12.3. The summed E-state index contributed by atoms with van der Waals surface area (Å²) in [5.74, 6) is 0.661. The topological polar surface area (TPSA) is 51.5 Å². The summed E-state index contributed by atoms with van der Waals surface area (Å²) in [6, 6.07) is 8.40. The molecule has 1 N–H and O–H groups in total. The molecule has 1 atom stereocenters. The van der Waals surface area contributed by atoms with E-state index in [9.17, 15) is 4.39 Å². The van der Waals surface area contributed by atoms with Gasteiger partial charge in [-0.15, -0.1) is 0 Å². The molecule has 1 unspecified atom stereocenters. The highest BCUT2D eigenvalue weighted by Gasteiger charge is 2.12. The van der Waals surface area contributed by atoms with Gasteiger partial charge in [-0.05, 0) is 31.5 Å². The SMILES string of the molecule is CCC(CNc1nccn2nc(C)cc12)Oc1ccccc1F. The van der Waals surface area contributed by atoms with Crippen LogP contribution < -0.4 is 10.1 Å². The summed E-state index contributed by atoms with van der Waals surface area (Å²) in [6.45, 7) is 4.47. The number of nitrogens with zero attached hydrogens (tertiary/aromatic N) is 3. The molecule has 0 saturated carbocycles. The molecule has 2 aromatic heterocycles. The molecule has 0 bridgehead atoms. The zero-order chi connectivity index (χ0) is 16.2. The van der Waals surface area contributed by atoms with Gasteiger partial charge in [0.1, 0.15) is 11.6 Å². The summed E-state index contributed by atoms with van der Waals surface area (Å²) in [6.07, 6.45) is 4.10. The zero-order valence-corrected chi connectivity index (χ0v) is 13.2. The number of nitrogens with one attached hydrogen (secondary N) is 1. The van der Waals surface area contributed by atoms with Gasteiger partial charge in [0.2, 0.25) is 0 Å². The van der Waals surface area contributed by atoms with Crippen molar-refractivity contribution in [2.75, 3.05) is 11.9 Å². The van der Waals surface area contributed by atoms with Crippen LogP contribution in [-0.2, 0) is 0 Å². The number of halogens is 1. The molecule has 0 amide bonds. The Hall–Kier alpha value is -2.63. The monoisotopic (exact) mass is 314 g/mol. The molecule has 6 heteroatoms. The van der Waals surface area contributed by atoms with Crippen molar-refractivity contribution in [2.24, 2.45) is 0 Å². The molecule has 0 saturated heterocycles. The van der Waals surface area contributed by atoms with Crippen LogP contribution in [0.4, 0.5) is 10.2 Å². The highest BCUT2D eigenvalue weighted by molar-refractivity contribution is 5.67. The Morgan fingerprint density at radius 1 is 1.35 bits per heavy atom. The van der Waals surface area contributed by atoms with E-state index in [0.717, 1.165) is 23.4 Å². The molecular formula is C17H19FN4O. The molecule has 0 aliphatic carbocycles. The van der Waals surface area contributed by atoms with Crippen molar-refractivity contribution in [2.45, 2.75) is 26.4 Å². The Morgan fingerprint density at radius 3 is 2.96 bits per heavy atom. The van der Waals surface area contributed by atoms with Gasteiger partial charge in [0.05, 0.1) is 12.2 Å². The Kier molecular flexibility index (Phi) is 4.41. The van der Waals surface area contributed by atoms with Gasteiger partial charge in [-0.25, -0.2) is 13.9 Å². The van der Waals surface area contributed by atoms with Crippen molar-refractivity contribution in [3.05, 3.63) is 54.2 Å². The summed E-state index contributed by atoms with van der Waals surface area (Å²) in [4.78, 5) is 4.35. The Labute approximate surface area is 134 Å². The van der Waals surface area contributed by atoms with Crippen molar-refractivity contribution < 1.29 is 9.13 Å². The lowest BCUT2D eigenvalue weighted by molar-refractivity contribution is 0.201. The molecule has 120 valence electrons. The van der Waals surface area contributed by atoms with Crippen LogP contribution in [0.1, 0.15) is 19.0 Å². The second kappa shape index (κ2) is 6.64. The predicted molar refractivity (Wildman–Crippen MR) is 87.3 cm³/mol. The van der Waals surface area contributed by atoms with Crippen molar-refractivity contribution >= 4 is 11.3 Å². The van der Waals surface area contributed by atoms with Gasteiger partial charge in [0, 0.05) is 12.4 Å². The first-order chi connectivity index (χ1) is 11.2. The minimum atomic E-state index is -0.349. The molecule has 2 heterocycles. The minimum Gasteiger partial charge on any atom is -0.486 e. The highest BCUT2D eigenvalue weighted by atomic mass is 19.1. The minimum absolute atomic E-state index is 0.155. The largest absolute Gasteiger partial charge is 0.486 e. The first-order valence-corrected chi connectivity index (χ1v) is 7.63. The molecular weight excluding hydrogens is 295 g/mol. The lowest BCUT2D eigenvalue weighted by atomic mass is 10.2. The summed E-state index contributed by atoms with van der Waals surface area (Å²) >= 11 is 0. The number of hydrogen-bond acceptors (Lipinski definition) is 4. The molecule has 23 heavy (non-hydrogen) atoms. The number of fused-ring (bicyclic) bond motifs is 1. The van der Waals surface area contributed by atoms with Crippen LogP contribution in [0, 0.1) is 12.7 Å². The summed E-state index contributed by atoms with van der Waals surface area (Å²) in [5.41, 5.74) is 1.83. The van der Waals surface area contributed by atoms with Crippen LogP contribution in [0.15, 0.2) is 42.7 Å². The maximum Gasteiger partial charge on any atom is 0.165 e. The number of aryl methyl sites for hydroxylation is 1. The molecule has 0 spiro atoms. The van der Waals surface area contributed by atoms with Crippen molar-refractivity contribution in [3.63, 3.8) is 0 Å². The lowest BCUT2D eigenvalue weighted by Gasteiger charge is -2.19. The molecule has 3 rings (SSSR count). The summed E-state index contributed by atoms with van der Waals surface area (Å²) in [5, 5.41) is 7.63. The predicted octanol–water partition coefficient (Wildman–Crippen LogP) is 3.45. The van der Waals surface area contributed by atoms with Gasteiger partial charge >= 0.3 is 0 Å². The third kappa shape index (κ3) is 3.41. The Morgan fingerprint density at radius 2 is 2.17 bits per heavy atom. The number of hydrogen-bond donors (Lipinski definition) is 1. The van der Waals surface area contributed by atoms with Crippen LogP contribution in [0.5, 0.6) is 5.75 Å². The first-order valence-electron chi connectivity index (χ1n) is 7.63. The molecule has 5 nitrogen and oxygen atoms in total. The van der Waals surface area contributed by atoms with Crippen LogP contribution in [0.3, 0.4) is 0 Å². The van der Waals surface area contributed by atoms with E-state index in [0.29, 0.717) is 6.54 Å². The third-order valence-electron chi connectivity index (χ3n) is 3.59. The lowest BCUT2D eigenvalue weighted by Crippen LogP contribution is -2.26. The van der Waals surface area contributed by atoms with E-state index in [1.54, 1.807) is 35.1 Å². The van der Waals surface area contributed by atoms with E-state index in [4.69, 9.17) is 4.74 Å². The van der Waals surface area contributed by atoms with Gasteiger partial charge in [0.25, 0.3) is 0 Å². The standard InChI is InChI=1S/C17H19FN4O/c1-3-13(23-16-7-5-4-6-14(16)18)11-20-17-15-10-12(2)21-22(15)9-8-19-17/h4-10,13H,3,11H2,1-2H3,(H,19,20). The maximum atomic E-state index is 13.7. The zero-order valence-electron chi connectivity index (χ0n) is 13.2. The van der Waals surface area contributed by atoms with E-state index >= 15 is 0 Å². The van der Waals surface area contributed by atoms with Gasteiger partial charge < -0.3 is 10.1 Å². The number of ether oxygens (including phenoxy) is 1. The molecule has 0 aliphatic rings. The summed E-state index contributed by atoms with van der Waals surface area (Å²) < 4.78 is 21.2. The smallest absolute Gasteiger partial charge is 0.165 e. The first kappa shape index (κ1) is 15.3. The van der Waals surface area contributed by atoms with Crippen molar-refractivity contribution in [1.82, 2.24) is 14.6 Å². The van der Waals surface area contributed by atoms with Gasteiger partial charge in [-0.3, -0.25) is 0 Å². The number of benzene rings is 1. The Balaban J connectivity index is 1.71. The number of rotatable bonds is 6. The van der Waals surface area contributed by atoms with Gasteiger partial charge in [-0.1, -0.05) is 19.1 Å². The quantitative estimate of drug-likeness (QED) is 0.757. The van der Waals surface area contributed by atoms with Crippen LogP contribution in [0.2, 0.25) is 0 Å². The fourth-order valence-electron chi connectivity index (χ4n) is 2.38. The third-order valence-corrected chi connectivity index (χ3v) is 3.59. The van der Waals surface area contributed by atoms with Crippen LogP contribution >= 0.6 is 0 Å². The van der Waals surface area contributed by atoms with E-state index < -0.39 is 0 Å². The molecule has 1 aromatic carbocycles. The summed E-state index contributed by atoms with van der Waals surface area (Å²) in [7, 11) is 0. The van der Waals surface area contributed by atoms with Crippen molar-refractivity contribution in [3.8, 4) is 5.75 Å². The molecule has 3 aromatic rings. The average molecular weight is 314 g/mol. The Bertz CT molecular complexity index is 802. The fourth-order valence-corrected chi connectivity index (χ4v) is 2.38. The molecule has 0 fully saturated rings. The number of para-hydroxylation sites is 1. The number of aromatic nitrogens is 3. The fraction of sp³-hybridized carbons (Fsp3) is 0.294. The van der Waals surface area contributed by atoms with Gasteiger partial charge in [-0.2, -0.15) is 5.10 Å². The van der Waals surface area contributed by atoms with E-state index in [2.05, 4.69) is 15.4 Å². The number of anilines is 1. The van der Waals surface area contributed by atoms with E-state index in [-0.39, 0.29) is 17.7 Å². The second-order valence-electron chi connectivity index (χ2n) is 5.35. The van der Waals surface area contributed by atoms with Crippen molar-refractivity contribution in [1.29, 1.82) is 0 Å².